The van der Waals surface area contributed by atoms with Crippen LogP contribution in [0.4, 0.5) is 5.82 Å². The Hall–Kier alpha value is -3.48. The number of nitrogens with zero attached hydrogens (tertiary/aromatic N) is 5. The molecule has 1 aromatic carbocycles. The molecule has 0 unspecified atom stereocenters. The lowest BCUT2D eigenvalue weighted by Gasteiger charge is -2.30. The van der Waals surface area contributed by atoms with Crippen molar-refractivity contribution in [3.05, 3.63) is 65.5 Å². The van der Waals surface area contributed by atoms with Gasteiger partial charge in [0.15, 0.2) is 5.82 Å². The van der Waals surface area contributed by atoms with Gasteiger partial charge in [0.1, 0.15) is 17.3 Å². The van der Waals surface area contributed by atoms with Crippen molar-refractivity contribution in [1.29, 1.82) is 0 Å². The molecular weight excluding hydrogens is 366 g/mol. The largest absolute Gasteiger partial charge is 0.508 e. The average Bonchev–Trinajstić information content (AvgIpc) is 2.73. The lowest BCUT2D eigenvalue weighted by molar-refractivity contribution is -0.131. The summed E-state index contributed by atoms with van der Waals surface area (Å²) in [5, 5.41) is 9.64. The van der Waals surface area contributed by atoms with Crippen molar-refractivity contribution in [2.24, 2.45) is 0 Å². The number of hydrogen-bond donors (Lipinski definition) is 1. The molecule has 3 aromatic rings. The molecule has 1 N–H and O–H groups in total. The van der Waals surface area contributed by atoms with Gasteiger partial charge in [-0.3, -0.25) is 9.78 Å². The van der Waals surface area contributed by atoms with Crippen LogP contribution in [0.3, 0.4) is 0 Å². The minimum Gasteiger partial charge on any atom is -0.508 e. The standard InChI is InChI=1S/C22H23N5O2/c1-26(2)22-17-9-11-27(20(29)13-15-6-5-7-16(28)12-15)14-19(17)24-21(25-22)18-8-3-4-10-23-18/h3-8,10,12,28H,9,11,13-14H2,1-2H3. The zero-order chi connectivity index (χ0) is 20.4. The number of rotatable bonds is 4. The lowest BCUT2D eigenvalue weighted by atomic mass is 10.0. The van der Waals surface area contributed by atoms with E-state index in [-0.39, 0.29) is 18.1 Å². The maximum Gasteiger partial charge on any atom is 0.227 e. The summed E-state index contributed by atoms with van der Waals surface area (Å²) in [6, 6.07) is 12.5. The van der Waals surface area contributed by atoms with Gasteiger partial charge < -0.3 is 14.9 Å². The van der Waals surface area contributed by atoms with E-state index < -0.39 is 0 Å². The van der Waals surface area contributed by atoms with Crippen LogP contribution in [-0.2, 0) is 24.2 Å². The van der Waals surface area contributed by atoms with Gasteiger partial charge in [-0.25, -0.2) is 9.97 Å². The molecule has 1 aliphatic rings. The van der Waals surface area contributed by atoms with Crippen LogP contribution in [0, 0.1) is 0 Å². The van der Waals surface area contributed by atoms with Gasteiger partial charge >= 0.3 is 0 Å². The topological polar surface area (TPSA) is 82.5 Å². The minimum atomic E-state index is 0.0191. The molecule has 0 radical (unpaired) electrons. The predicted octanol–water partition coefficient (Wildman–Crippen LogP) is 2.44. The molecule has 0 atom stereocenters. The fourth-order valence-electron chi connectivity index (χ4n) is 3.56. The van der Waals surface area contributed by atoms with Crippen molar-refractivity contribution in [2.45, 2.75) is 19.4 Å². The van der Waals surface area contributed by atoms with Crippen LogP contribution in [0.25, 0.3) is 11.5 Å². The van der Waals surface area contributed by atoms with E-state index in [2.05, 4.69) is 4.98 Å². The molecule has 1 amide bonds. The fourth-order valence-corrected chi connectivity index (χ4v) is 3.56. The number of pyridine rings is 1. The number of hydrogen-bond acceptors (Lipinski definition) is 6. The molecule has 2 aromatic heterocycles. The number of carbonyl (C=O) groups is 1. The number of carbonyl (C=O) groups excluding carboxylic acids is 1. The van der Waals surface area contributed by atoms with Crippen molar-refractivity contribution in [1.82, 2.24) is 19.9 Å². The van der Waals surface area contributed by atoms with Crippen LogP contribution in [0.5, 0.6) is 5.75 Å². The van der Waals surface area contributed by atoms with Gasteiger partial charge in [-0.15, -0.1) is 0 Å². The van der Waals surface area contributed by atoms with Gasteiger partial charge in [0.2, 0.25) is 5.91 Å². The molecule has 4 rings (SSSR count). The minimum absolute atomic E-state index is 0.0191. The molecule has 148 valence electrons. The summed E-state index contributed by atoms with van der Waals surface area (Å²) in [4.78, 5) is 30.5. The van der Waals surface area contributed by atoms with E-state index >= 15 is 0 Å². The number of benzene rings is 1. The van der Waals surface area contributed by atoms with Gasteiger partial charge in [-0.05, 0) is 36.2 Å². The van der Waals surface area contributed by atoms with Crippen molar-refractivity contribution >= 4 is 11.7 Å². The van der Waals surface area contributed by atoms with Crippen molar-refractivity contribution < 1.29 is 9.90 Å². The van der Waals surface area contributed by atoms with Crippen molar-refractivity contribution in [3.63, 3.8) is 0 Å². The zero-order valence-corrected chi connectivity index (χ0v) is 16.5. The number of aromatic hydroxyl groups is 1. The van der Waals surface area contributed by atoms with E-state index in [1.54, 1.807) is 24.4 Å². The molecule has 29 heavy (non-hydrogen) atoms. The lowest BCUT2D eigenvalue weighted by Crippen LogP contribution is -2.38. The summed E-state index contributed by atoms with van der Waals surface area (Å²) in [6.45, 7) is 1.06. The monoisotopic (exact) mass is 389 g/mol. The Kier molecular flexibility index (Phi) is 5.12. The van der Waals surface area contributed by atoms with Gasteiger partial charge in [-0.2, -0.15) is 0 Å². The summed E-state index contributed by atoms with van der Waals surface area (Å²) in [7, 11) is 3.93. The third kappa shape index (κ3) is 4.03. The molecule has 0 spiro atoms. The van der Waals surface area contributed by atoms with E-state index in [4.69, 9.17) is 9.97 Å². The molecule has 7 heteroatoms. The number of anilines is 1. The molecule has 1 aliphatic heterocycles. The van der Waals surface area contributed by atoms with Gasteiger partial charge in [0.25, 0.3) is 0 Å². The highest BCUT2D eigenvalue weighted by atomic mass is 16.3. The maximum absolute atomic E-state index is 12.8. The first-order valence-electron chi connectivity index (χ1n) is 9.55. The van der Waals surface area contributed by atoms with E-state index in [0.29, 0.717) is 31.0 Å². The second-order valence-corrected chi connectivity index (χ2v) is 7.32. The normalized spacial score (nSPS) is 13.1. The van der Waals surface area contributed by atoms with E-state index in [1.807, 2.05) is 48.2 Å². The van der Waals surface area contributed by atoms with E-state index in [1.165, 1.54) is 0 Å². The first-order chi connectivity index (χ1) is 14.0. The zero-order valence-electron chi connectivity index (χ0n) is 16.5. The van der Waals surface area contributed by atoms with Gasteiger partial charge in [-0.1, -0.05) is 18.2 Å². The Morgan fingerprint density at radius 2 is 2.03 bits per heavy atom. The summed E-state index contributed by atoms with van der Waals surface area (Å²) >= 11 is 0. The predicted molar refractivity (Wildman–Crippen MR) is 111 cm³/mol. The van der Waals surface area contributed by atoms with Crippen LogP contribution < -0.4 is 4.90 Å². The Balaban J connectivity index is 1.62. The first kappa shape index (κ1) is 18.9. The second-order valence-electron chi connectivity index (χ2n) is 7.32. The van der Waals surface area contributed by atoms with Crippen LogP contribution in [0.1, 0.15) is 16.8 Å². The third-order valence-corrected chi connectivity index (χ3v) is 4.98. The Labute approximate surface area is 169 Å². The number of phenolic OH excluding ortho intramolecular Hbond substituents is 1. The number of aromatic nitrogens is 3. The van der Waals surface area contributed by atoms with Crippen LogP contribution in [-0.4, -0.2) is 51.5 Å². The highest BCUT2D eigenvalue weighted by molar-refractivity contribution is 5.79. The summed E-state index contributed by atoms with van der Waals surface area (Å²) in [6.07, 6.45) is 2.68. The molecular formula is C22H23N5O2. The number of amides is 1. The molecule has 0 saturated carbocycles. The fraction of sp³-hybridized carbons (Fsp3) is 0.273. The van der Waals surface area contributed by atoms with Crippen LogP contribution >= 0.6 is 0 Å². The number of fused-ring (bicyclic) bond motifs is 1. The molecule has 3 heterocycles. The molecule has 0 bridgehead atoms. The van der Waals surface area contributed by atoms with Crippen molar-refractivity contribution in [2.75, 3.05) is 25.5 Å². The van der Waals surface area contributed by atoms with Gasteiger partial charge in [0.05, 0.1) is 18.7 Å². The second kappa shape index (κ2) is 7.87. The molecule has 0 aliphatic carbocycles. The maximum atomic E-state index is 12.8. The molecule has 0 fully saturated rings. The van der Waals surface area contributed by atoms with Gasteiger partial charge in [0, 0.05) is 32.4 Å². The highest BCUT2D eigenvalue weighted by Crippen LogP contribution is 2.28. The molecule has 7 nitrogen and oxygen atoms in total. The van der Waals surface area contributed by atoms with Crippen LogP contribution in [0.2, 0.25) is 0 Å². The molecule has 0 saturated heterocycles. The SMILES string of the molecule is CN(C)c1nc(-c2ccccn2)nc2c1CCN(C(=O)Cc1cccc(O)c1)C2. The van der Waals surface area contributed by atoms with Crippen molar-refractivity contribution in [3.8, 4) is 17.3 Å². The Morgan fingerprint density at radius 3 is 2.76 bits per heavy atom. The highest BCUT2D eigenvalue weighted by Gasteiger charge is 2.26. The smallest absolute Gasteiger partial charge is 0.227 e. The Bertz CT molecular complexity index is 1040. The summed E-state index contributed by atoms with van der Waals surface area (Å²) < 4.78 is 0. The van der Waals surface area contributed by atoms with E-state index in [0.717, 1.165) is 22.6 Å². The van der Waals surface area contributed by atoms with E-state index in [9.17, 15) is 9.90 Å². The summed E-state index contributed by atoms with van der Waals surface area (Å²) in [5.74, 6) is 1.62. The van der Waals surface area contributed by atoms with Crippen LogP contribution in [0.15, 0.2) is 48.7 Å². The average molecular weight is 389 g/mol. The first-order valence-corrected chi connectivity index (χ1v) is 9.55. The number of phenols is 1. The third-order valence-electron chi connectivity index (χ3n) is 4.98. The summed E-state index contributed by atoms with van der Waals surface area (Å²) in [5.41, 5.74) is 3.45. The quantitative estimate of drug-likeness (QED) is 0.738. The Morgan fingerprint density at radius 1 is 1.17 bits per heavy atom.